The van der Waals surface area contributed by atoms with Gasteiger partial charge in [0.2, 0.25) is 0 Å². The van der Waals surface area contributed by atoms with E-state index in [0.717, 1.165) is 0 Å². The lowest BCUT2D eigenvalue weighted by Crippen LogP contribution is -2.49. The van der Waals surface area contributed by atoms with Gasteiger partial charge >= 0.3 is 5.97 Å². The van der Waals surface area contributed by atoms with Crippen molar-refractivity contribution in [3.8, 4) is 5.75 Å². The summed E-state index contributed by atoms with van der Waals surface area (Å²) < 4.78 is 10.5. The van der Waals surface area contributed by atoms with Crippen molar-refractivity contribution in [1.82, 2.24) is 4.90 Å². The van der Waals surface area contributed by atoms with Gasteiger partial charge in [-0.2, -0.15) is 0 Å². The van der Waals surface area contributed by atoms with Gasteiger partial charge in [-0.3, -0.25) is 9.69 Å². The van der Waals surface area contributed by atoms with E-state index in [2.05, 4.69) is 6.92 Å². The molecule has 1 saturated heterocycles. The molecule has 0 radical (unpaired) electrons. The van der Waals surface area contributed by atoms with E-state index in [4.69, 9.17) is 21.1 Å². The number of carbonyl (C=O) groups is 1. The monoisotopic (exact) mass is 313 g/mol. The Kier molecular flexibility index (Phi) is 4.76. The van der Waals surface area contributed by atoms with E-state index in [1.165, 1.54) is 7.11 Å². The molecule has 5 nitrogen and oxygen atoms in total. The van der Waals surface area contributed by atoms with Gasteiger partial charge < -0.3 is 14.6 Å². The highest BCUT2D eigenvalue weighted by molar-refractivity contribution is 6.30. The van der Waals surface area contributed by atoms with Crippen LogP contribution in [-0.4, -0.2) is 49.9 Å². The summed E-state index contributed by atoms with van der Waals surface area (Å²) in [7, 11) is 3.31. The van der Waals surface area contributed by atoms with E-state index in [9.17, 15) is 9.90 Å². The van der Waals surface area contributed by atoms with E-state index in [0.29, 0.717) is 36.1 Å². The Hall–Kier alpha value is -1.30. The first-order valence-corrected chi connectivity index (χ1v) is 7.08. The Morgan fingerprint density at radius 2 is 2.24 bits per heavy atom. The van der Waals surface area contributed by atoms with Crippen LogP contribution in [0.4, 0.5) is 0 Å². The quantitative estimate of drug-likeness (QED) is 0.874. The number of ether oxygens (including phenoxy) is 2. The molecule has 1 aliphatic heterocycles. The molecule has 1 fully saturated rings. The number of hydrogen-bond acceptors (Lipinski definition) is 4. The summed E-state index contributed by atoms with van der Waals surface area (Å²) in [5.74, 6) is -0.407. The fourth-order valence-electron chi connectivity index (χ4n) is 2.71. The highest BCUT2D eigenvalue weighted by Gasteiger charge is 2.38. The molecule has 1 N–H and O–H groups in total. The molecule has 1 unspecified atom stereocenters. The van der Waals surface area contributed by atoms with Gasteiger partial charge in [0.15, 0.2) is 0 Å². The first-order chi connectivity index (χ1) is 9.86. The van der Waals surface area contributed by atoms with Crippen molar-refractivity contribution in [2.75, 3.05) is 33.9 Å². The Morgan fingerprint density at radius 1 is 1.57 bits per heavy atom. The molecule has 1 aromatic rings. The van der Waals surface area contributed by atoms with E-state index in [1.54, 1.807) is 30.1 Å². The smallest absolute Gasteiger partial charge is 0.325 e. The van der Waals surface area contributed by atoms with Crippen molar-refractivity contribution in [2.24, 2.45) is 5.41 Å². The number of likely N-dealkylation sites (N-methyl/N-ethyl adjacent to an activating group) is 1. The first kappa shape index (κ1) is 16.1. The standard InChI is InChI=1S/C15H20ClNO4/c1-15(8-21-9-15)7-17(2)13(14(18)19)11-6-10(16)4-5-12(11)20-3/h4-6,13H,7-9H2,1-3H3,(H,18,19). The summed E-state index contributed by atoms with van der Waals surface area (Å²) in [4.78, 5) is 13.5. The van der Waals surface area contributed by atoms with E-state index < -0.39 is 12.0 Å². The van der Waals surface area contributed by atoms with Gasteiger partial charge in [-0.1, -0.05) is 18.5 Å². The van der Waals surface area contributed by atoms with Crippen molar-refractivity contribution in [1.29, 1.82) is 0 Å². The molecule has 6 heteroatoms. The zero-order valence-electron chi connectivity index (χ0n) is 12.4. The molecule has 2 rings (SSSR count). The average molecular weight is 314 g/mol. The average Bonchev–Trinajstić information content (AvgIpc) is 2.37. The van der Waals surface area contributed by atoms with Crippen molar-refractivity contribution < 1.29 is 19.4 Å². The summed E-state index contributed by atoms with van der Waals surface area (Å²) in [6.45, 7) is 4.01. The summed E-state index contributed by atoms with van der Waals surface area (Å²) >= 11 is 6.01. The van der Waals surface area contributed by atoms with Crippen LogP contribution in [0.25, 0.3) is 0 Å². The van der Waals surface area contributed by atoms with Crippen LogP contribution >= 0.6 is 11.6 Å². The molecule has 0 spiro atoms. The highest BCUT2D eigenvalue weighted by atomic mass is 35.5. The second kappa shape index (κ2) is 6.22. The summed E-state index contributed by atoms with van der Waals surface area (Å²) in [5, 5.41) is 10.1. The zero-order valence-corrected chi connectivity index (χ0v) is 13.2. The first-order valence-electron chi connectivity index (χ1n) is 6.70. The van der Waals surface area contributed by atoms with E-state index >= 15 is 0 Å². The molecular formula is C15H20ClNO4. The summed E-state index contributed by atoms with van der Waals surface area (Å²) in [5.41, 5.74) is 0.553. The van der Waals surface area contributed by atoms with Crippen molar-refractivity contribution in [2.45, 2.75) is 13.0 Å². The maximum Gasteiger partial charge on any atom is 0.325 e. The van der Waals surface area contributed by atoms with Gasteiger partial charge in [0, 0.05) is 22.5 Å². The summed E-state index contributed by atoms with van der Waals surface area (Å²) in [6, 6.07) is 4.21. The van der Waals surface area contributed by atoms with Crippen molar-refractivity contribution in [3.63, 3.8) is 0 Å². The predicted octanol–water partition coefficient (Wildman–Crippen LogP) is 2.44. The number of nitrogens with zero attached hydrogens (tertiary/aromatic N) is 1. The Labute approximate surface area is 129 Å². The number of carboxylic acid groups (broad SMARTS) is 1. The second-order valence-electron chi connectivity index (χ2n) is 5.85. The molecule has 0 bridgehead atoms. The summed E-state index contributed by atoms with van der Waals surface area (Å²) in [6.07, 6.45) is 0. The van der Waals surface area contributed by atoms with Crippen molar-refractivity contribution >= 4 is 17.6 Å². The number of methoxy groups -OCH3 is 1. The predicted molar refractivity (Wildman–Crippen MR) is 79.9 cm³/mol. The maximum atomic E-state index is 11.7. The Balaban J connectivity index is 2.30. The van der Waals surface area contributed by atoms with Gasteiger partial charge in [-0.05, 0) is 25.2 Å². The number of halogens is 1. The minimum atomic E-state index is -0.929. The largest absolute Gasteiger partial charge is 0.496 e. The Morgan fingerprint density at radius 3 is 2.71 bits per heavy atom. The van der Waals surface area contributed by atoms with Gasteiger partial charge in [-0.15, -0.1) is 0 Å². The molecule has 1 aromatic carbocycles. The highest BCUT2D eigenvalue weighted by Crippen LogP contribution is 2.35. The van der Waals surface area contributed by atoms with Crippen LogP contribution in [0, 0.1) is 5.41 Å². The molecular weight excluding hydrogens is 294 g/mol. The lowest BCUT2D eigenvalue weighted by Gasteiger charge is -2.42. The van der Waals surface area contributed by atoms with Gasteiger partial charge in [0.1, 0.15) is 11.8 Å². The van der Waals surface area contributed by atoms with Crippen molar-refractivity contribution in [3.05, 3.63) is 28.8 Å². The lowest BCUT2D eigenvalue weighted by molar-refractivity contribution is -0.148. The molecule has 21 heavy (non-hydrogen) atoms. The third kappa shape index (κ3) is 3.48. The van der Waals surface area contributed by atoms with Crippen LogP contribution < -0.4 is 4.74 Å². The van der Waals surface area contributed by atoms with Crippen LogP contribution in [0.1, 0.15) is 18.5 Å². The minimum Gasteiger partial charge on any atom is -0.496 e. The fourth-order valence-corrected chi connectivity index (χ4v) is 2.89. The van der Waals surface area contributed by atoms with E-state index in [-0.39, 0.29) is 5.41 Å². The lowest BCUT2D eigenvalue weighted by atomic mass is 9.87. The SMILES string of the molecule is COc1ccc(Cl)cc1C(C(=O)O)N(C)CC1(C)COC1. The minimum absolute atomic E-state index is 0.00569. The molecule has 116 valence electrons. The molecule has 0 aromatic heterocycles. The number of aliphatic carboxylic acids is 1. The third-order valence-corrected chi connectivity index (χ3v) is 3.93. The molecule has 1 atom stereocenters. The van der Waals surface area contributed by atoms with E-state index in [1.807, 2.05) is 0 Å². The van der Waals surface area contributed by atoms with Crippen LogP contribution in [0.3, 0.4) is 0 Å². The van der Waals surface area contributed by atoms with Gasteiger partial charge in [-0.25, -0.2) is 0 Å². The topological polar surface area (TPSA) is 59.0 Å². The molecule has 1 heterocycles. The van der Waals surface area contributed by atoms with Crippen LogP contribution in [0.2, 0.25) is 5.02 Å². The Bertz CT molecular complexity index is 530. The number of hydrogen-bond donors (Lipinski definition) is 1. The normalized spacial score (nSPS) is 18.1. The van der Waals surface area contributed by atoms with Crippen LogP contribution in [-0.2, 0) is 9.53 Å². The van der Waals surface area contributed by atoms with Crippen LogP contribution in [0.15, 0.2) is 18.2 Å². The maximum absolute atomic E-state index is 11.7. The molecule has 1 aliphatic rings. The zero-order chi connectivity index (χ0) is 15.6. The molecule has 0 saturated carbocycles. The van der Waals surface area contributed by atoms with Crippen LogP contribution in [0.5, 0.6) is 5.75 Å². The third-order valence-electron chi connectivity index (χ3n) is 3.69. The number of rotatable bonds is 6. The number of benzene rings is 1. The fraction of sp³-hybridized carbons (Fsp3) is 0.533. The molecule has 0 aliphatic carbocycles. The van der Waals surface area contributed by atoms with Gasteiger partial charge in [0.05, 0.1) is 20.3 Å². The van der Waals surface area contributed by atoms with Gasteiger partial charge in [0.25, 0.3) is 0 Å². The second-order valence-corrected chi connectivity index (χ2v) is 6.28. The number of carboxylic acids is 1. The molecule has 0 amide bonds.